The third kappa shape index (κ3) is 7.44. The summed E-state index contributed by atoms with van der Waals surface area (Å²) in [6.45, 7) is 0.339. The van der Waals surface area contributed by atoms with Gasteiger partial charge in [-0.15, -0.1) is 11.3 Å². The number of benzene rings is 1. The highest BCUT2D eigenvalue weighted by Crippen LogP contribution is 2.20. The van der Waals surface area contributed by atoms with E-state index >= 15 is 0 Å². The topological polar surface area (TPSA) is 46.5 Å². The minimum absolute atomic E-state index is 0.190. The van der Waals surface area contributed by atoms with Gasteiger partial charge in [0.05, 0.1) is 0 Å². The van der Waals surface area contributed by atoms with Crippen molar-refractivity contribution in [1.29, 1.82) is 0 Å². The maximum absolute atomic E-state index is 10.3. The summed E-state index contributed by atoms with van der Waals surface area (Å²) in [5.41, 5.74) is 1.41. The smallest absolute Gasteiger partial charge is 0.329 e. The average Bonchev–Trinajstić information content (AvgIpc) is 2.99. The standard InChI is InChI=1S/C19H24O3S/c20-19(21)15-22-14-5-4-10-17-12-13-18(23-17)11-6-9-16-7-2-1-3-8-16/h1-3,7-8,12-13H,4-6,9-11,14-15H2,(H,20,21). The Morgan fingerprint density at radius 3 is 2.30 bits per heavy atom. The number of thiophene rings is 1. The van der Waals surface area contributed by atoms with Crippen molar-refractivity contribution in [3.8, 4) is 0 Å². The lowest BCUT2D eigenvalue weighted by atomic mass is 10.1. The molecular formula is C19H24O3S. The van der Waals surface area contributed by atoms with E-state index in [4.69, 9.17) is 9.84 Å². The number of carboxylic acids is 1. The fourth-order valence-electron chi connectivity index (χ4n) is 2.47. The van der Waals surface area contributed by atoms with Gasteiger partial charge in [0.25, 0.3) is 0 Å². The highest BCUT2D eigenvalue weighted by Gasteiger charge is 2.02. The molecule has 4 heteroatoms. The van der Waals surface area contributed by atoms with Gasteiger partial charge in [-0.05, 0) is 56.2 Å². The first kappa shape index (κ1) is 17.7. The molecule has 1 aromatic heterocycles. The maximum atomic E-state index is 10.3. The van der Waals surface area contributed by atoms with E-state index in [9.17, 15) is 4.79 Å². The van der Waals surface area contributed by atoms with E-state index in [1.54, 1.807) is 0 Å². The number of ether oxygens (including phenoxy) is 1. The van der Waals surface area contributed by atoms with Crippen molar-refractivity contribution in [3.05, 3.63) is 57.8 Å². The van der Waals surface area contributed by atoms with Gasteiger partial charge in [0.1, 0.15) is 6.61 Å². The van der Waals surface area contributed by atoms with E-state index < -0.39 is 5.97 Å². The summed E-state index contributed by atoms with van der Waals surface area (Å²) in [5, 5.41) is 8.47. The lowest BCUT2D eigenvalue weighted by Gasteiger charge is -2.01. The first-order chi connectivity index (χ1) is 11.2. The molecule has 0 fully saturated rings. The zero-order valence-electron chi connectivity index (χ0n) is 13.4. The molecule has 0 aliphatic rings. The molecule has 0 saturated heterocycles. The number of hydrogen-bond acceptors (Lipinski definition) is 3. The third-order valence-corrected chi connectivity index (χ3v) is 4.84. The van der Waals surface area contributed by atoms with Crippen molar-refractivity contribution in [2.24, 2.45) is 0 Å². The zero-order valence-corrected chi connectivity index (χ0v) is 14.2. The molecule has 0 amide bonds. The summed E-state index contributed by atoms with van der Waals surface area (Å²) in [6.07, 6.45) is 6.47. The van der Waals surface area contributed by atoms with Gasteiger partial charge in [0, 0.05) is 16.4 Å². The molecule has 1 aromatic carbocycles. The van der Waals surface area contributed by atoms with Crippen LogP contribution in [0, 0.1) is 0 Å². The second-order valence-corrected chi connectivity index (χ2v) is 6.86. The minimum Gasteiger partial charge on any atom is -0.480 e. The molecule has 1 heterocycles. The fraction of sp³-hybridized carbons (Fsp3) is 0.421. The monoisotopic (exact) mass is 332 g/mol. The van der Waals surface area contributed by atoms with Crippen LogP contribution in [0.15, 0.2) is 42.5 Å². The van der Waals surface area contributed by atoms with E-state index in [1.165, 1.54) is 21.7 Å². The predicted octanol–water partition coefficient (Wildman–Crippen LogP) is 4.35. The van der Waals surface area contributed by atoms with Gasteiger partial charge in [-0.1, -0.05) is 30.3 Å². The second-order valence-electron chi connectivity index (χ2n) is 5.61. The van der Waals surface area contributed by atoms with Crippen LogP contribution in [0.4, 0.5) is 0 Å². The molecule has 0 aliphatic heterocycles. The van der Waals surface area contributed by atoms with Crippen LogP contribution in [0.25, 0.3) is 0 Å². The van der Waals surface area contributed by atoms with Crippen LogP contribution in [0.1, 0.15) is 34.6 Å². The maximum Gasteiger partial charge on any atom is 0.329 e. The summed E-state index contributed by atoms with van der Waals surface area (Å²) in [4.78, 5) is 13.2. The molecule has 0 aliphatic carbocycles. The Morgan fingerprint density at radius 2 is 1.61 bits per heavy atom. The Hall–Kier alpha value is -1.65. The van der Waals surface area contributed by atoms with Gasteiger partial charge >= 0.3 is 5.97 Å². The van der Waals surface area contributed by atoms with Gasteiger partial charge in [-0.25, -0.2) is 4.79 Å². The van der Waals surface area contributed by atoms with Gasteiger partial charge in [0.2, 0.25) is 0 Å². The van der Waals surface area contributed by atoms with Gasteiger partial charge < -0.3 is 9.84 Å². The number of aliphatic carboxylic acids is 1. The summed E-state index contributed by atoms with van der Waals surface area (Å²) >= 11 is 1.90. The van der Waals surface area contributed by atoms with E-state index in [0.29, 0.717) is 6.61 Å². The van der Waals surface area contributed by atoms with Crippen LogP contribution in [-0.4, -0.2) is 24.3 Å². The SMILES string of the molecule is O=C(O)COCCCCc1ccc(CCCc2ccccc2)s1. The molecule has 0 saturated carbocycles. The van der Waals surface area contributed by atoms with Gasteiger partial charge in [-0.3, -0.25) is 0 Å². The van der Waals surface area contributed by atoms with Crippen LogP contribution in [0.3, 0.4) is 0 Å². The molecule has 2 aromatic rings. The van der Waals surface area contributed by atoms with E-state index in [-0.39, 0.29) is 6.61 Å². The van der Waals surface area contributed by atoms with Gasteiger partial charge in [-0.2, -0.15) is 0 Å². The third-order valence-electron chi connectivity index (χ3n) is 3.64. The number of aryl methyl sites for hydroxylation is 3. The van der Waals surface area contributed by atoms with Crippen LogP contribution in [0.2, 0.25) is 0 Å². The highest BCUT2D eigenvalue weighted by molar-refractivity contribution is 7.11. The summed E-state index contributed by atoms with van der Waals surface area (Å²) in [5.74, 6) is -0.900. The van der Waals surface area contributed by atoms with Crippen LogP contribution in [0.5, 0.6) is 0 Å². The number of rotatable bonds is 11. The average molecular weight is 332 g/mol. The molecule has 124 valence electrons. The summed E-state index contributed by atoms with van der Waals surface area (Å²) < 4.78 is 5.04. The second kappa shape index (κ2) is 10.2. The zero-order chi connectivity index (χ0) is 16.3. The lowest BCUT2D eigenvalue weighted by molar-refractivity contribution is -0.142. The normalized spacial score (nSPS) is 10.8. The largest absolute Gasteiger partial charge is 0.480 e. The Bertz CT molecular complexity index is 577. The van der Waals surface area contributed by atoms with Crippen LogP contribution >= 0.6 is 11.3 Å². The van der Waals surface area contributed by atoms with Crippen molar-refractivity contribution in [2.75, 3.05) is 13.2 Å². The molecule has 23 heavy (non-hydrogen) atoms. The number of carbonyl (C=O) groups is 1. The van der Waals surface area contributed by atoms with E-state index in [2.05, 4.69) is 42.5 Å². The van der Waals surface area contributed by atoms with Crippen molar-refractivity contribution >= 4 is 17.3 Å². The van der Waals surface area contributed by atoms with Crippen LogP contribution in [-0.2, 0) is 28.8 Å². The first-order valence-electron chi connectivity index (χ1n) is 8.15. The minimum atomic E-state index is -0.900. The molecular weight excluding hydrogens is 308 g/mol. The highest BCUT2D eigenvalue weighted by atomic mass is 32.1. The van der Waals surface area contributed by atoms with E-state index in [0.717, 1.165) is 32.1 Å². The lowest BCUT2D eigenvalue weighted by Crippen LogP contribution is -2.07. The molecule has 1 N–H and O–H groups in total. The summed E-state index contributed by atoms with van der Waals surface area (Å²) in [6, 6.07) is 15.1. The van der Waals surface area contributed by atoms with Gasteiger partial charge in [0.15, 0.2) is 0 Å². The Balaban J connectivity index is 1.59. The molecule has 0 atom stereocenters. The van der Waals surface area contributed by atoms with Crippen molar-refractivity contribution < 1.29 is 14.6 Å². The molecule has 0 spiro atoms. The first-order valence-corrected chi connectivity index (χ1v) is 8.97. The predicted molar refractivity (Wildman–Crippen MR) is 94.2 cm³/mol. The molecule has 0 radical (unpaired) electrons. The fourth-order valence-corrected chi connectivity index (χ4v) is 3.57. The Morgan fingerprint density at radius 1 is 0.913 bits per heavy atom. The molecule has 3 nitrogen and oxygen atoms in total. The van der Waals surface area contributed by atoms with E-state index in [1.807, 2.05) is 11.3 Å². The van der Waals surface area contributed by atoms with Crippen molar-refractivity contribution in [2.45, 2.75) is 38.5 Å². The Kier molecular flexibility index (Phi) is 7.84. The number of hydrogen-bond donors (Lipinski definition) is 1. The van der Waals surface area contributed by atoms with Crippen LogP contribution < -0.4 is 0 Å². The Labute approximate surface area is 141 Å². The number of carboxylic acid groups (broad SMARTS) is 1. The molecule has 0 bridgehead atoms. The van der Waals surface area contributed by atoms with Crippen molar-refractivity contribution in [1.82, 2.24) is 0 Å². The quantitative estimate of drug-likeness (QED) is 0.622. The summed E-state index contributed by atoms with van der Waals surface area (Å²) in [7, 11) is 0. The number of unbranched alkanes of at least 4 members (excludes halogenated alkanes) is 1. The van der Waals surface area contributed by atoms with Crippen molar-refractivity contribution in [3.63, 3.8) is 0 Å². The molecule has 0 unspecified atom stereocenters. The molecule has 2 rings (SSSR count).